The van der Waals surface area contributed by atoms with Crippen molar-refractivity contribution in [3.05, 3.63) is 428 Å². The quantitative estimate of drug-likeness (QED) is 0.0547. The number of fused-ring (bicyclic) bond motifs is 10. The summed E-state index contributed by atoms with van der Waals surface area (Å²) in [6.45, 7) is 16.2. The smallest absolute Gasteiger partial charge is 0.200 e. The molecule has 0 heterocycles. The fourth-order valence-electron chi connectivity index (χ4n) is 19.0. The van der Waals surface area contributed by atoms with Crippen LogP contribution < -0.4 is 19.3 Å². The minimum Gasteiger partial charge on any atom is -0.457 e. The van der Waals surface area contributed by atoms with Crippen molar-refractivity contribution in [1.29, 1.82) is 0 Å². The van der Waals surface area contributed by atoms with Crippen LogP contribution >= 0.6 is 0 Å². The van der Waals surface area contributed by atoms with Crippen LogP contribution in [-0.2, 0) is 27.1 Å². The van der Waals surface area contributed by atoms with E-state index in [0.29, 0.717) is 80.7 Å². The third kappa shape index (κ3) is 11.2. The van der Waals surface area contributed by atoms with Gasteiger partial charge in [-0.2, -0.15) is 0 Å². The molecule has 0 saturated heterocycles. The molecule has 0 saturated carbocycles. The topological polar surface area (TPSA) is 24.9 Å². The molecule has 4 nitrogen and oxygen atoms in total. The Morgan fingerprint density at radius 3 is 0.913 bits per heavy atom. The summed E-state index contributed by atoms with van der Waals surface area (Å²) in [6, 6.07) is 73.7. The molecular formula is C99H66F12N2O2. The van der Waals surface area contributed by atoms with Crippen molar-refractivity contribution >= 4 is 46.3 Å². The summed E-state index contributed by atoms with van der Waals surface area (Å²) in [7, 11) is 0. The lowest BCUT2D eigenvalue weighted by Crippen LogP contribution is -2.33. The van der Waals surface area contributed by atoms with E-state index in [9.17, 15) is 0 Å². The fourth-order valence-corrected chi connectivity index (χ4v) is 19.0. The first-order valence-electron chi connectivity index (χ1n) is 37.3. The van der Waals surface area contributed by atoms with E-state index in [2.05, 4.69) is 53.0 Å². The molecule has 4 aliphatic rings. The zero-order valence-electron chi connectivity index (χ0n) is 62.1. The maximum absolute atomic E-state index is 17.5. The number of benzene rings is 14. The van der Waals surface area contributed by atoms with Gasteiger partial charge in [-0.3, -0.25) is 0 Å². The molecule has 14 aromatic carbocycles. The molecular weight excluding hydrogens is 1480 g/mol. The van der Waals surface area contributed by atoms with Crippen LogP contribution in [-0.4, -0.2) is 0 Å². The second-order valence-electron chi connectivity index (χ2n) is 31.0. The minimum absolute atomic E-state index is 0.115. The molecule has 1 spiro atoms. The van der Waals surface area contributed by atoms with Gasteiger partial charge in [-0.25, -0.2) is 52.7 Å². The highest BCUT2D eigenvalue weighted by Crippen LogP contribution is 2.66. The van der Waals surface area contributed by atoms with Crippen molar-refractivity contribution in [2.45, 2.75) is 67.6 Å². The summed E-state index contributed by atoms with van der Waals surface area (Å²) in [5, 5.41) is 0. The molecule has 16 heteroatoms. The molecule has 568 valence electrons. The Morgan fingerprint density at radius 1 is 0.278 bits per heavy atom. The Morgan fingerprint density at radius 2 is 0.574 bits per heavy atom. The molecule has 0 N–H and O–H groups in total. The van der Waals surface area contributed by atoms with E-state index < -0.39 is 108 Å². The summed E-state index contributed by atoms with van der Waals surface area (Å²) in [5.41, 5.74) is 1.29. The molecule has 115 heavy (non-hydrogen) atoms. The Hall–Kier alpha value is -13.1. The summed E-state index contributed by atoms with van der Waals surface area (Å²) >= 11 is 0. The standard InChI is InChI=1S/C99H66F12N2O2/c1-7-55-23-35-67(36-24-55)114-69-39-27-57(28-40-69)98(83-85(102)89(106)93(110)90(107)86(83)103)75-21-11-9-19-71(75)73-43-31-63(49-79(73)98)112(61-17-13-15-59(100)47-61)65-33-45-77-81(51-65)97(53-95(77,3)4)54-96(5,6)78-46-34-66(52-82(78)97)113(62-18-14-16-60(101)48-62)64-32-44-74-72-20-10-12-22-76(72)99(80(74)50-64,84-87(104)91(108)94(111)92(109)88(84)105)58-29-41-70(42-30-58)115-68-37-25-56(8-2)26-38-68/h7-52H,1-2,53-54H2,3-6H3. The van der Waals surface area contributed by atoms with E-state index in [1.165, 1.54) is 60.7 Å². The van der Waals surface area contributed by atoms with Gasteiger partial charge in [0.05, 0.1) is 10.8 Å². The average molecular weight is 1540 g/mol. The highest BCUT2D eigenvalue weighted by molar-refractivity contribution is 5.92. The van der Waals surface area contributed by atoms with E-state index in [-0.39, 0.29) is 44.9 Å². The zero-order chi connectivity index (χ0) is 80.1. The Balaban J connectivity index is 0.813. The Labute approximate surface area is 655 Å². The first-order chi connectivity index (χ1) is 55.3. The van der Waals surface area contributed by atoms with Crippen molar-refractivity contribution in [2.24, 2.45) is 0 Å². The van der Waals surface area contributed by atoms with E-state index >= 15 is 52.7 Å². The minimum atomic E-state index is -2.34. The molecule has 18 rings (SSSR count). The molecule has 2 unspecified atom stereocenters. The number of hydrogen-bond donors (Lipinski definition) is 0. The van der Waals surface area contributed by atoms with Crippen LogP contribution in [0.2, 0.25) is 0 Å². The van der Waals surface area contributed by atoms with Gasteiger partial charge in [-0.05, 0) is 246 Å². The molecule has 0 bridgehead atoms. The van der Waals surface area contributed by atoms with E-state index in [1.54, 1.807) is 192 Å². The van der Waals surface area contributed by atoms with Crippen LogP contribution in [0.1, 0.15) is 118 Å². The predicted octanol–water partition coefficient (Wildman–Crippen LogP) is 27.5. The predicted molar refractivity (Wildman–Crippen MR) is 426 cm³/mol. The summed E-state index contributed by atoms with van der Waals surface area (Å²) in [4.78, 5) is 3.58. The average Bonchev–Trinajstić information content (AvgIpc) is 1.54. The third-order valence-electron chi connectivity index (χ3n) is 23.7. The summed E-state index contributed by atoms with van der Waals surface area (Å²) in [5.74, 6) is -21.2. The number of hydrogen-bond acceptors (Lipinski definition) is 4. The second-order valence-corrected chi connectivity index (χ2v) is 31.0. The molecule has 0 aromatic heterocycles. The molecule has 14 aromatic rings. The van der Waals surface area contributed by atoms with Gasteiger partial charge in [-0.1, -0.05) is 186 Å². The van der Waals surface area contributed by atoms with Crippen LogP contribution in [0.3, 0.4) is 0 Å². The number of rotatable bonds is 16. The molecule has 0 fully saturated rings. The normalized spacial score (nSPS) is 17.5. The van der Waals surface area contributed by atoms with Gasteiger partial charge in [-0.15, -0.1) is 0 Å². The van der Waals surface area contributed by atoms with Crippen molar-refractivity contribution in [2.75, 3.05) is 9.80 Å². The Bertz CT molecular complexity index is 5950. The molecule has 0 aliphatic heterocycles. The summed E-state index contributed by atoms with van der Waals surface area (Å²) < 4.78 is 211. The zero-order valence-corrected chi connectivity index (χ0v) is 62.1. The number of nitrogens with zero attached hydrogens (tertiary/aromatic N) is 2. The van der Waals surface area contributed by atoms with E-state index in [0.717, 1.165) is 33.4 Å². The van der Waals surface area contributed by atoms with Gasteiger partial charge < -0.3 is 19.3 Å². The fraction of sp³-hybridized carbons (Fsp3) is 0.111. The van der Waals surface area contributed by atoms with Crippen molar-refractivity contribution in [3.63, 3.8) is 0 Å². The van der Waals surface area contributed by atoms with Crippen molar-refractivity contribution in [3.8, 4) is 45.3 Å². The monoisotopic (exact) mass is 1540 g/mol. The van der Waals surface area contributed by atoms with Gasteiger partial charge in [0.1, 0.15) is 34.6 Å². The largest absolute Gasteiger partial charge is 0.457 e. The number of halogens is 12. The van der Waals surface area contributed by atoms with Crippen LogP contribution in [0.4, 0.5) is 86.8 Å². The van der Waals surface area contributed by atoms with Crippen LogP contribution in [0.15, 0.2) is 280 Å². The molecule has 0 radical (unpaired) electrons. The van der Waals surface area contributed by atoms with Crippen molar-refractivity contribution < 1.29 is 62.2 Å². The van der Waals surface area contributed by atoms with E-state index in [1.807, 2.05) is 24.3 Å². The SMILES string of the molecule is C=Cc1ccc(Oc2ccc(C3(c4c(F)c(F)c(F)c(F)c4F)c4ccccc4-c4ccc(N(c5cccc(F)c5)c5ccc6c(c5)C5(CC6(C)C)CC(C)(C)c6ccc(N(c7cccc(F)c7)c7ccc8c(c7)C(c7ccc(Oc9ccc(C=C)cc9)cc7)(c7c(F)c(F)c(F)c(F)c7F)c7ccccc7-8)cc65)cc43)cc2)cc1. The van der Waals surface area contributed by atoms with Gasteiger partial charge in [0.25, 0.3) is 0 Å². The second kappa shape index (κ2) is 27.1. The van der Waals surface area contributed by atoms with Gasteiger partial charge in [0.15, 0.2) is 46.5 Å². The molecule has 2 atom stereocenters. The lowest BCUT2D eigenvalue weighted by atomic mass is 9.67. The van der Waals surface area contributed by atoms with E-state index in [4.69, 9.17) is 9.47 Å². The third-order valence-corrected chi connectivity index (χ3v) is 23.7. The van der Waals surface area contributed by atoms with Gasteiger partial charge in [0.2, 0.25) is 11.6 Å². The maximum Gasteiger partial charge on any atom is 0.200 e. The Kier molecular flexibility index (Phi) is 17.3. The first kappa shape index (κ1) is 73.4. The van der Waals surface area contributed by atoms with Gasteiger partial charge in [0, 0.05) is 50.7 Å². The van der Waals surface area contributed by atoms with Crippen LogP contribution in [0.25, 0.3) is 34.4 Å². The highest BCUT2D eigenvalue weighted by Gasteiger charge is 2.58. The highest BCUT2D eigenvalue weighted by atomic mass is 19.2. The lowest BCUT2D eigenvalue weighted by Gasteiger charge is -2.36. The van der Waals surface area contributed by atoms with Crippen LogP contribution in [0, 0.1) is 69.8 Å². The number of ether oxygens (including phenoxy) is 2. The molecule has 0 amide bonds. The van der Waals surface area contributed by atoms with Crippen LogP contribution in [0.5, 0.6) is 23.0 Å². The first-order valence-corrected chi connectivity index (χ1v) is 37.3. The summed E-state index contributed by atoms with van der Waals surface area (Å²) in [6.07, 6.45) is 4.39. The van der Waals surface area contributed by atoms with Gasteiger partial charge >= 0.3 is 0 Å². The number of anilines is 6. The molecule has 4 aliphatic carbocycles. The lowest BCUT2D eigenvalue weighted by molar-refractivity contribution is 0.349. The maximum atomic E-state index is 17.5. The van der Waals surface area contributed by atoms with Crippen molar-refractivity contribution in [1.82, 2.24) is 0 Å².